The third-order valence-corrected chi connectivity index (χ3v) is 3.71. The summed E-state index contributed by atoms with van der Waals surface area (Å²) in [5.74, 6) is 0. The van der Waals surface area contributed by atoms with Crippen LogP contribution in [-0.2, 0) is 4.74 Å². The summed E-state index contributed by atoms with van der Waals surface area (Å²) in [7, 11) is 18.2. The highest BCUT2D eigenvalue weighted by atomic mass is 16.5. The van der Waals surface area contributed by atoms with Gasteiger partial charge in [-0.1, -0.05) is 13.8 Å². The van der Waals surface area contributed by atoms with Crippen molar-refractivity contribution in [3.8, 4) is 0 Å². The van der Waals surface area contributed by atoms with Gasteiger partial charge in [-0.15, -0.1) is 0 Å². The molecule has 0 aromatic heterocycles. The molecule has 1 aliphatic rings. The fourth-order valence-corrected chi connectivity index (χ4v) is 1.56. The molecular weight excluding hydrogens is 380 g/mol. The Labute approximate surface area is 189 Å². The fourth-order valence-electron chi connectivity index (χ4n) is 1.56. The summed E-state index contributed by atoms with van der Waals surface area (Å²) >= 11 is 0. The second-order valence-electron chi connectivity index (χ2n) is 7.83. The van der Waals surface area contributed by atoms with Crippen LogP contribution in [0.3, 0.4) is 0 Å². The third-order valence-electron chi connectivity index (χ3n) is 3.71. The Bertz CT molecular complexity index is 257. The average Bonchev–Trinajstić information content (AvgIpc) is 2.69. The Morgan fingerprint density at radius 3 is 1.47 bits per heavy atom. The van der Waals surface area contributed by atoms with Gasteiger partial charge in [0.25, 0.3) is 0 Å². The SMILES string of the molecule is CCN(C)CC.CN(C)C.CN1CCOCC1.CNCCCN(C)C.CNCCO. The molecule has 1 rings (SSSR count). The minimum atomic E-state index is 0.233. The minimum Gasteiger partial charge on any atom is -0.395 e. The zero-order chi connectivity index (χ0) is 24.2. The van der Waals surface area contributed by atoms with Crippen molar-refractivity contribution in [1.82, 2.24) is 30.2 Å². The molecule has 188 valence electrons. The molecule has 3 N–H and O–H groups in total. The van der Waals surface area contributed by atoms with Gasteiger partial charge in [0.1, 0.15) is 0 Å². The van der Waals surface area contributed by atoms with E-state index in [9.17, 15) is 0 Å². The Morgan fingerprint density at radius 2 is 1.30 bits per heavy atom. The van der Waals surface area contributed by atoms with E-state index in [1.807, 2.05) is 33.1 Å². The van der Waals surface area contributed by atoms with Gasteiger partial charge in [0.05, 0.1) is 19.8 Å². The van der Waals surface area contributed by atoms with Crippen LogP contribution in [-0.4, -0.2) is 154 Å². The molecule has 0 aromatic carbocycles. The van der Waals surface area contributed by atoms with Crippen LogP contribution in [0.25, 0.3) is 0 Å². The summed E-state index contributed by atoms with van der Waals surface area (Å²) in [6.07, 6.45) is 1.24. The lowest BCUT2D eigenvalue weighted by molar-refractivity contribution is 0.0503. The second-order valence-corrected chi connectivity index (χ2v) is 7.83. The molecule has 1 fully saturated rings. The molecule has 1 aliphatic heterocycles. The zero-order valence-electron chi connectivity index (χ0n) is 22.4. The van der Waals surface area contributed by atoms with E-state index in [4.69, 9.17) is 9.84 Å². The number of morpholine rings is 1. The molecule has 0 saturated carbocycles. The average molecular weight is 439 g/mol. The Kier molecular flexibility index (Phi) is 41.1. The van der Waals surface area contributed by atoms with Crippen molar-refractivity contribution in [1.29, 1.82) is 0 Å². The van der Waals surface area contributed by atoms with E-state index in [1.54, 1.807) is 7.05 Å². The van der Waals surface area contributed by atoms with E-state index in [0.29, 0.717) is 6.54 Å². The number of hydrogen-bond acceptors (Lipinski definition) is 8. The van der Waals surface area contributed by atoms with E-state index < -0.39 is 0 Å². The molecule has 0 atom stereocenters. The first kappa shape index (κ1) is 37.0. The number of aliphatic hydroxyl groups is 1. The third kappa shape index (κ3) is 56.5. The smallest absolute Gasteiger partial charge is 0.0594 e. The van der Waals surface area contributed by atoms with Crippen molar-refractivity contribution in [3.05, 3.63) is 0 Å². The number of likely N-dealkylation sites (N-methyl/N-ethyl adjacent to an activating group) is 2. The number of hydrogen-bond donors (Lipinski definition) is 3. The maximum Gasteiger partial charge on any atom is 0.0594 e. The lowest BCUT2D eigenvalue weighted by atomic mass is 10.4. The predicted octanol–water partition coefficient (Wildman–Crippen LogP) is 0.440. The number of nitrogens with zero attached hydrogens (tertiary/aromatic N) is 4. The lowest BCUT2D eigenvalue weighted by Crippen LogP contribution is -2.32. The second kappa shape index (κ2) is 33.3. The predicted molar refractivity (Wildman–Crippen MR) is 135 cm³/mol. The molecule has 1 heterocycles. The van der Waals surface area contributed by atoms with Crippen LogP contribution >= 0.6 is 0 Å². The molecule has 0 bridgehead atoms. The van der Waals surface area contributed by atoms with Crippen molar-refractivity contribution in [2.24, 2.45) is 0 Å². The topological polar surface area (TPSA) is 66.5 Å². The van der Waals surface area contributed by atoms with Crippen LogP contribution < -0.4 is 10.6 Å². The molecule has 0 aliphatic carbocycles. The number of rotatable bonds is 8. The lowest BCUT2D eigenvalue weighted by Gasteiger charge is -2.21. The monoisotopic (exact) mass is 438 g/mol. The Balaban J connectivity index is -0.000000144. The summed E-state index contributed by atoms with van der Waals surface area (Å²) in [6.45, 7) is 13.9. The molecule has 8 nitrogen and oxygen atoms in total. The highest BCUT2D eigenvalue weighted by molar-refractivity contribution is 4.53. The van der Waals surface area contributed by atoms with Crippen LogP contribution in [0.5, 0.6) is 0 Å². The van der Waals surface area contributed by atoms with Gasteiger partial charge < -0.3 is 40.1 Å². The molecule has 0 amide bonds. The zero-order valence-corrected chi connectivity index (χ0v) is 22.4. The van der Waals surface area contributed by atoms with Gasteiger partial charge in [0.2, 0.25) is 0 Å². The van der Waals surface area contributed by atoms with Crippen molar-refractivity contribution >= 4 is 0 Å². The number of ether oxygens (including phenoxy) is 1. The molecule has 0 aromatic rings. The molecule has 0 unspecified atom stereocenters. The van der Waals surface area contributed by atoms with E-state index in [2.05, 4.69) is 67.4 Å². The van der Waals surface area contributed by atoms with Crippen molar-refractivity contribution in [3.63, 3.8) is 0 Å². The number of nitrogens with one attached hydrogen (secondary N) is 2. The van der Waals surface area contributed by atoms with E-state index >= 15 is 0 Å². The highest BCUT2D eigenvalue weighted by Crippen LogP contribution is 1.89. The highest BCUT2D eigenvalue weighted by Gasteiger charge is 2.02. The first-order chi connectivity index (χ1) is 14.1. The standard InChI is InChI=1S/C6H16N2.C5H11NO.C5H13N.C3H9NO.C3H9N/c1-7-5-4-6-8(2)3;1-6-2-4-7-5-3-6;1-4-6(3)5-2;1-4-2-3-5;1-4(2)3/h7H,4-6H2,1-3H3;2-5H2,1H3;4-5H2,1-3H3;4-5H,2-3H2,1H3;1-3H3. The van der Waals surface area contributed by atoms with Crippen LogP contribution in [0.1, 0.15) is 20.3 Å². The summed E-state index contributed by atoms with van der Waals surface area (Å²) in [6, 6.07) is 0. The van der Waals surface area contributed by atoms with Gasteiger partial charge >= 0.3 is 0 Å². The van der Waals surface area contributed by atoms with E-state index in [0.717, 1.165) is 45.9 Å². The normalized spacial score (nSPS) is 13.3. The first-order valence-electron chi connectivity index (χ1n) is 11.2. The first-order valence-corrected chi connectivity index (χ1v) is 11.2. The maximum atomic E-state index is 8.00. The van der Waals surface area contributed by atoms with Crippen molar-refractivity contribution in [2.75, 3.05) is 129 Å². The van der Waals surface area contributed by atoms with Gasteiger partial charge in [-0.2, -0.15) is 0 Å². The van der Waals surface area contributed by atoms with Crippen LogP contribution in [0.15, 0.2) is 0 Å². The summed E-state index contributed by atoms with van der Waals surface area (Å²) in [5, 5.41) is 13.9. The molecule has 1 saturated heterocycles. The van der Waals surface area contributed by atoms with Gasteiger partial charge in [-0.05, 0) is 96.0 Å². The molecule has 30 heavy (non-hydrogen) atoms. The van der Waals surface area contributed by atoms with Gasteiger partial charge in [0.15, 0.2) is 0 Å². The van der Waals surface area contributed by atoms with Crippen molar-refractivity contribution < 1.29 is 9.84 Å². The molecule has 8 heteroatoms. The van der Waals surface area contributed by atoms with E-state index in [-0.39, 0.29) is 6.61 Å². The van der Waals surface area contributed by atoms with Crippen molar-refractivity contribution in [2.45, 2.75) is 20.3 Å². The summed E-state index contributed by atoms with van der Waals surface area (Å²) < 4.78 is 5.10. The molecule has 0 radical (unpaired) electrons. The summed E-state index contributed by atoms with van der Waals surface area (Å²) in [5.41, 5.74) is 0. The number of aliphatic hydroxyl groups excluding tert-OH is 1. The van der Waals surface area contributed by atoms with Crippen LogP contribution in [0, 0.1) is 0 Å². The maximum absolute atomic E-state index is 8.00. The molecule has 0 spiro atoms. The van der Waals surface area contributed by atoms with Crippen LogP contribution in [0.4, 0.5) is 0 Å². The van der Waals surface area contributed by atoms with Gasteiger partial charge in [-0.3, -0.25) is 0 Å². The quantitative estimate of drug-likeness (QED) is 0.472. The van der Waals surface area contributed by atoms with E-state index in [1.165, 1.54) is 13.0 Å². The Morgan fingerprint density at radius 1 is 0.867 bits per heavy atom. The minimum absolute atomic E-state index is 0.233. The van der Waals surface area contributed by atoms with Gasteiger partial charge in [0, 0.05) is 19.6 Å². The molecular formula is C22H58N6O2. The Hall–Kier alpha value is -0.320. The van der Waals surface area contributed by atoms with Crippen LogP contribution in [0.2, 0.25) is 0 Å². The summed E-state index contributed by atoms with van der Waals surface area (Å²) in [4.78, 5) is 8.71. The largest absolute Gasteiger partial charge is 0.395 e. The van der Waals surface area contributed by atoms with Gasteiger partial charge in [-0.25, -0.2) is 0 Å². The fraction of sp³-hybridized carbons (Fsp3) is 1.00.